The summed E-state index contributed by atoms with van der Waals surface area (Å²) >= 11 is 0. The molecule has 0 saturated heterocycles. The summed E-state index contributed by atoms with van der Waals surface area (Å²) in [5.74, 6) is 0. The van der Waals surface area contributed by atoms with Crippen molar-refractivity contribution in [3.8, 4) is 0 Å². The molecule has 1 aromatic heterocycles. The Bertz CT molecular complexity index is 241. The highest BCUT2D eigenvalue weighted by atomic mass is 16.1. The van der Waals surface area contributed by atoms with E-state index in [-0.39, 0.29) is 0 Å². The number of hydrogen-bond acceptors (Lipinski definition) is 2. The van der Waals surface area contributed by atoms with Crippen molar-refractivity contribution in [2.75, 3.05) is 0 Å². The monoisotopic (exact) mass is 147 g/mol. The van der Waals surface area contributed by atoms with E-state index in [0.29, 0.717) is 6.42 Å². The van der Waals surface area contributed by atoms with Crippen molar-refractivity contribution in [3.05, 3.63) is 36.2 Å². The van der Waals surface area contributed by atoms with E-state index in [4.69, 9.17) is 0 Å². The third-order valence-electron chi connectivity index (χ3n) is 1.21. The van der Waals surface area contributed by atoms with Crippen LogP contribution in [0.2, 0.25) is 0 Å². The molecule has 0 aliphatic heterocycles. The molecule has 0 spiro atoms. The third-order valence-corrected chi connectivity index (χ3v) is 1.21. The van der Waals surface area contributed by atoms with Crippen molar-refractivity contribution in [1.82, 2.24) is 4.98 Å². The Morgan fingerprint density at radius 1 is 1.45 bits per heavy atom. The Morgan fingerprint density at radius 2 is 2.36 bits per heavy atom. The van der Waals surface area contributed by atoms with Crippen LogP contribution in [-0.4, -0.2) is 11.3 Å². The summed E-state index contributed by atoms with van der Waals surface area (Å²) in [5.41, 5.74) is 0.884. The predicted octanol–water partition coefficient (Wildman–Crippen LogP) is 1.68. The van der Waals surface area contributed by atoms with Gasteiger partial charge < -0.3 is 4.79 Å². The SMILES string of the molecule is O=CC/C=C/c1ccccn1. The third kappa shape index (κ3) is 2.76. The predicted molar refractivity (Wildman–Crippen MR) is 44.0 cm³/mol. The number of hydrogen-bond donors (Lipinski definition) is 0. The number of carbonyl (C=O) groups is 1. The van der Waals surface area contributed by atoms with Crippen molar-refractivity contribution >= 4 is 12.4 Å². The minimum atomic E-state index is 0.455. The normalized spacial score (nSPS) is 10.2. The Balaban J connectivity index is 2.57. The molecule has 0 fully saturated rings. The van der Waals surface area contributed by atoms with Crippen LogP contribution in [-0.2, 0) is 4.79 Å². The Kier molecular flexibility index (Phi) is 3.06. The summed E-state index contributed by atoms with van der Waals surface area (Å²) in [6.07, 6.45) is 6.65. The number of allylic oxidation sites excluding steroid dienone is 1. The maximum Gasteiger partial charge on any atom is 0.123 e. The highest BCUT2D eigenvalue weighted by Gasteiger charge is 1.81. The minimum absolute atomic E-state index is 0.455. The first-order chi connectivity index (χ1) is 5.43. The standard InChI is InChI=1S/C9H9NO/c11-8-4-2-6-9-5-1-3-7-10-9/h1-3,5-8H,4H2/b6-2+. The van der Waals surface area contributed by atoms with E-state index in [1.165, 1.54) is 0 Å². The van der Waals surface area contributed by atoms with Gasteiger partial charge in [0.2, 0.25) is 0 Å². The molecule has 0 aliphatic carbocycles. The summed E-state index contributed by atoms with van der Waals surface area (Å²) in [6, 6.07) is 5.66. The summed E-state index contributed by atoms with van der Waals surface area (Å²) in [6.45, 7) is 0. The summed E-state index contributed by atoms with van der Waals surface area (Å²) in [4.78, 5) is 14.0. The quantitative estimate of drug-likeness (QED) is 0.609. The van der Waals surface area contributed by atoms with Gasteiger partial charge in [-0.25, -0.2) is 0 Å². The van der Waals surface area contributed by atoms with Gasteiger partial charge in [0.25, 0.3) is 0 Å². The molecule has 0 amide bonds. The van der Waals surface area contributed by atoms with Crippen LogP contribution in [0.25, 0.3) is 6.08 Å². The molecule has 0 bridgehead atoms. The summed E-state index contributed by atoms with van der Waals surface area (Å²) < 4.78 is 0. The van der Waals surface area contributed by atoms with Crippen molar-refractivity contribution in [3.63, 3.8) is 0 Å². The highest BCUT2D eigenvalue weighted by molar-refractivity contribution is 5.56. The van der Waals surface area contributed by atoms with Crippen LogP contribution < -0.4 is 0 Å². The maximum absolute atomic E-state index is 9.92. The summed E-state index contributed by atoms with van der Waals surface area (Å²) in [7, 11) is 0. The van der Waals surface area contributed by atoms with Gasteiger partial charge >= 0.3 is 0 Å². The second-order valence-electron chi connectivity index (χ2n) is 2.06. The molecule has 11 heavy (non-hydrogen) atoms. The van der Waals surface area contributed by atoms with E-state index in [0.717, 1.165) is 12.0 Å². The lowest BCUT2D eigenvalue weighted by Gasteiger charge is -1.87. The smallest absolute Gasteiger partial charge is 0.123 e. The van der Waals surface area contributed by atoms with Gasteiger partial charge in [-0.1, -0.05) is 12.1 Å². The molecular weight excluding hydrogens is 138 g/mol. The molecule has 0 aliphatic rings. The maximum atomic E-state index is 9.92. The molecule has 1 rings (SSSR count). The largest absolute Gasteiger partial charge is 0.303 e. The average Bonchev–Trinajstić information content (AvgIpc) is 2.07. The fourth-order valence-electron chi connectivity index (χ4n) is 0.719. The number of carbonyl (C=O) groups excluding carboxylic acids is 1. The van der Waals surface area contributed by atoms with Gasteiger partial charge in [0.05, 0.1) is 5.69 Å². The van der Waals surface area contributed by atoms with E-state index >= 15 is 0 Å². The van der Waals surface area contributed by atoms with Gasteiger partial charge in [-0.05, 0) is 18.2 Å². The van der Waals surface area contributed by atoms with Crippen molar-refractivity contribution in [2.24, 2.45) is 0 Å². The lowest BCUT2D eigenvalue weighted by atomic mass is 10.3. The summed E-state index contributed by atoms with van der Waals surface area (Å²) in [5, 5.41) is 0. The number of aldehydes is 1. The zero-order valence-electron chi connectivity index (χ0n) is 6.10. The van der Waals surface area contributed by atoms with Gasteiger partial charge in [0.1, 0.15) is 6.29 Å². The number of aromatic nitrogens is 1. The first-order valence-corrected chi connectivity index (χ1v) is 3.44. The molecule has 56 valence electrons. The number of pyridine rings is 1. The topological polar surface area (TPSA) is 30.0 Å². The first kappa shape index (κ1) is 7.66. The fraction of sp³-hybridized carbons (Fsp3) is 0.111. The van der Waals surface area contributed by atoms with E-state index in [2.05, 4.69) is 4.98 Å². The highest BCUT2D eigenvalue weighted by Crippen LogP contribution is 1.96. The van der Waals surface area contributed by atoms with Crippen molar-refractivity contribution in [2.45, 2.75) is 6.42 Å². The number of rotatable bonds is 3. The van der Waals surface area contributed by atoms with Gasteiger partial charge in [-0.15, -0.1) is 0 Å². The van der Waals surface area contributed by atoms with E-state index in [1.54, 1.807) is 12.3 Å². The van der Waals surface area contributed by atoms with Crippen molar-refractivity contribution < 1.29 is 4.79 Å². The second-order valence-corrected chi connectivity index (χ2v) is 2.06. The first-order valence-electron chi connectivity index (χ1n) is 3.44. The molecule has 2 heteroatoms. The van der Waals surface area contributed by atoms with E-state index in [9.17, 15) is 4.79 Å². The van der Waals surface area contributed by atoms with E-state index in [1.807, 2.05) is 24.3 Å². The van der Waals surface area contributed by atoms with Crippen LogP contribution in [0.3, 0.4) is 0 Å². The molecule has 0 radical (unpaired) electrons. The Hall–Kier alpha value is -1.44. The van der Waals surface area contributed by atoms with Crippen LogP contribution in [0, 0.1) is 0 Å². The molecule has 0 aromatic carbocycles. The molecule has 0 atom stereocenters. The molecule has 2 nitrogen and oxygen atoms in total. The second kappa shape index (κ2) is 4.39. The Morgan fingerprint density at radius 3 is 3.00 bits per heavy atom. The van der Waals surface area contributed by atoms with Crippen LogP contribution in [0.5, 0.6) is 0 Å². The van der Waals surface area contributed by atoms with Gasteiger partial charge in [-0.3, -0.25) is 4.98 Å². The van der Waals surface area contributed by atoms with Crippen LogP contribution in [0.15, 0.2) is 30.5 Å². The zero-order valence-corrected chi connectivity index (χ0v) is 6.10. The van der Waals surface area contributed by atoms with Crippen LogP contribution in [0.4, 0.5) is 0 Å². The zero-order chi connectivity index (χ0) is 7.94. The van der Waals surface area contributed by atoms with Crippen molar-refractivity contribution in [1.29, 1.82) is 0 Å². The molecule has 1 aromatic rings. The molecule has 0 N–H and O–H groups in total. The Labute approximate surface area is 65.6 Å². The van der Waals surface area contributed by atoms with Gasteiger partial charge in [0.15, 0.2) is 0 Å². The number of nitrogens with zero attached hydrogens (tertiary/aromatic N) is 1. The van der Waals surface area contributed by atoms with Gasteiger partial charge in [-0.2, -0.15) is 0 Å². The molecule has 0 saturated carbocycles. The molecule has 1 heterocycles. The van der Waals surface area contributed by atoms with Crippen LogP contribution >= 0.6 is 0 Å². The van der Waals surface area contributed by atoms with Crippen LogP contribution in [0.1, 0.15) is 12.1 Å². The minimum Gasteiger partial charge on any atom is -0.303 e. The lowest BCUT2D eigenvalue weighted by Crippen LogP contribution is -1.76. The molecular formula is C9H9NO. The van der Waals surface area contributed by atoms with Gasteiger partial charge in [0, 0.05) is 12.6 Å². The molecule has 0 unspecified atom stereocenters. The lowest BCUT2D eigenvalue weighted by molar-refractivity contribution is -0.107. The fourth-order valence-corrected chi connectivity index (χ4v) is 0.719. The average molecular weight is 147 g/mol. The van der Waals surface area contributed by atoms with E-state index < -0.39 is 0 Å².